The molecule has 0 radical (unpaired) electrons. The normalized spacial score (nSPS) is 13.4. The molecule has 2 N–H and O–H groups in total. The zero-order valence-corrected chi connectivity index (χ0v) is 9.92. The van der Waals surface area contributed by atoms with Gasteiger partial charge < -0.3 is 14.9 Å². The first-order chi connectivity index (χ1) is 8.33. The van der Waals surface area contributed by atoms with Crippen molar-refractivity contribution in [3.63, 3.8) is 0 Å². The predicted molar refractivity (Wildman–Crippen MR) is 63.6 cm³/mol. The average molecular weight is 250 g/mol. The molecule has 1 aromatic carbocycles. The summed E-state index contributed by atoms with van der Waals surface area (Å²) in [7, 11) is 0. The maximum absolute atomic E-state index is 11.5. The topological polar surface area (TPSA) is 83.8 Å². The van der Waals surface area contributed by atoms with Gasteiger partial charge in [-0.2, -0.15) is 0 Å². The van der Waals surface area contributed by atoms with Crippen LogP contribution in [0.3, 0.4) is 0 Å². The Morgan fingerprint density at radius 3 is 2.39 bits per heavy atom. The average Bonchev–Trinajstić information content (AvgIpc) is 2.29. The first-order valence-electron chi connectivity index (χ1n) is 5.24. The van der Waals surface area contributed by atoms with Crippen LogP contribution in [-0.2, 0) is 20.7 Å². The van der Waals surface area contributed by atoms with Crippen LogP contribution in [0.2, 0.25) is 0 Å². The van der Waals surface area contributed by atoms with Gasteiger partial charge in [-0.3, -0.25) is 0 Å². The molecular weight excluding hydrogens is 236 g/mol. The highest BCUT2D eigenvalue weighted by Crippen LogP contribution is 2.12. The molecule has 1 unspecified atom stereocenters. The summed E-state index contributed by atoms with van der Waals surface area (Å²) in [6.45, 7) is 4.39. The summed E-state index contributed by atoms with van der Waals surface area (Å²) in [6.07, 6.45) is 0.232. The van der Waals surface area contributed by atoms with Gasteiger partial charge in [-0.15, -0.1) is 0 Å². The number of carbonyl (C=O) groups is 2. The smallest absolute Gasteiger partial charge is 0.376 e. The van der Waals surface area contributed by atoms with E-state index in [2.05, 4.69) is 11.3 Å². The Hall–Kier alpha value is -2.14. The summed E-state index contributed by atoms with van der Waals surface area (Å²) < 4.78 is 4.45. The Morgan fingerprint density at radius 1 is 1.33 bits per heavy atom. The molecule has 5 heteroatoms. The number of aliphatic hydroxyl groups is 1. The van der Waals surface area contributed by atoms with Gasteiger partial charge in [0.2, 0.25) is 0 Å². The number of aliphatic carboxylic acids is 1. The first-order valence-corrected chi connectivity index (χ1v) is 5.24. The van der Waals surface area contributed by atoms with Crippen molar-refractivity contribution in [3.05, 3.63) is 48.0 Å². The van der Waals surface area contributed by atoms with Crippen molar-refractivity contribution in [1.82, 2.24) is 0 Å². The molecule has 1 aromatic rings. The number of carbonyl (C=O) groups excluding carboxylic acids is 1. The van der Waals surface area contributed by atoms with E-state index in [-0.39, 0.29) is 12.0 Å². The van der Waals surface area contributed by atoms with E-state index in [4.69, 9.17) is 5.11 Å². The lowest BCUT2D eigenvalue weighted by Gasteiger charge is -2.18. The fraction of sp³-hybridized carbons (Fsp3) is 0.231. The van der Waals surface area contributed by atoms with E-state index in [1.165, 1.54) is 0 Å². The molecule has 0 saturated carbocycles. The van der Waals surface area contributed by atoms with E-state index >= 15 is 0 Å². The third-order valence-corrected chi connectivity index (χ3v) is 2.24. The van der Waals surface area contributed by atoms with Gasteiger partial charge in [0.25, 0.3) is 0 Å². The zero-order chi connectivity index (χ0) is 13.8. The van der Waals surface area contributed by atoms with Gasteiger partial charge in [0, 0.05) is 18.9 Å². The van der Waals surface area contributed by atoms with Crippen LogP contribution in [0.4, 0.5) is 0 Å². The predicted octanol–water partition coefficient (Wildman–Crippen LogP) is 1.12. The summed E-state index contributed by atoms with van der Waals surface area (Å²) in [6, 6.07) is 9.05. The highest BCUT2D eigenvalue weighted by molar-refractivity contribution is 5.90. The molecule has 1 atom stereocenters. The third kappa shape index (κ3) is 3.71. The SMILES string of the molecule is C=C(Cc1ccccc1)C(=O)OC(C)(O)C(=O)O. The molecular formula is C13H14O5. The molecule has 0 aliphatic carbocycles. The molecule has 0 fully saturated rings. The van der Waals surface area contributed by atoms with Gasteiger partial charge in [0.05, 0.1) is 0 Å². The number of benzene rings is 1. The number of carboxylic acid groups (broad SMARTS) is 1. The van der Waals surface area contributed by atoms with Crippen molar-refractivity contribution in [2.75, 3.05) is 0 Å². The van der Waals surface area contributed by atoms with Crippen molar-refractivity contribution in [1.29, 1.82) is 0 Å². The molecule has 1 rings (SSSR count). The molecule has 18 heavy (non-hydrogen) atoms. The summed E-state index contributed by atoms with van der Waals surface area (Å²) in [5, 5.41) is 17.9. The van der Waals surface area contributed by atoms with E-state index in [1.54, 1.807) is 24.3 Å². The second-order valence-corrected chi connectivity index (χ2v) is 3.94. The molecule has 5 nitrogen and oxygen atoms in total. The van der Waals surface area contributed by atoms with Crippen LogP contribution in [0.25, 0.3) is 0 Å². The minimum absolute atomic E-state index is 0.0720. The fourth-order valence-electron chi connectivity index (χ4n) is 1.21. The van der Waals surface area contributed by atoms with Gasteiger partial charge in [-0.1, -0.05) is 36.9 Å². The second kappa shape index (κ2) is 5.46. The van der Waals surface area contributed by atoms with Gasteiger partial charge in [0.15, 0.2) is 0 Å². The third-order valence-electron chi connectivity index (χ3n) is 2.24. The summed E-state index contributed by atoms with van der Waals surface area (Å²) in [5.74, 6) is -5.12. The lowest BCUT2D eigenvalue weighted by atomic mass is 10.1. The fourth-order valence-corrected chi connectivity index (χ4v) is 1.21. The molecule has 0 aliphatic rings. The lowest BCUT2D eigenvalue weighted by Crippen LogP contribution is -2.40. The minimum Gasteiger partial charge on any atom is -0.476 e. The first kappa shape index (κ1) is 13.9. The second-order valence-electron chi connectivity index (χ2n) is 3.94. The molecule has 0 aromatic heterocycles. The van der Waals surface area contributed by atoms with Crippen LogP contribution in [0.15, 0.2) is 42.5 Å². The largest absolute Gasteiger partial charge is 0.476 e. The molecule has 0 amide bonds. The summed E-state index contributed by atoms with van der Waals surface area (Å²) >= 11 is 0. The van der Waals surface area contributed by atoms with Crippen LogP contribution in [-0.4, -0.2) is 27.9 Å². The van der Waals surface area contributed by atoms with Crippen LogP contribution in [0.5, 0.6) is 0 Å². The van der Waals surface area contributed by atoms with Crippen LogP contribution in [0.1, 0.15) is 12.5 Å². The van der Waals surface area contributed by atoms with Gasteiger partial charge >= 0.3 is 17.7 Å². The summed E-state index contributed by atoms with van der Waals surface area (Å²) in [5.41, 5.74) is 0.914. The molecule has 0 aliphatic heterocycles. The number of hydrogen-bond donors (Lipinski definition) is 2. The van der Waals surface area contributed by atoms with Crippen molar-refractivity contribution in [3.8, 4) is 0 Å². The zero-order valence-electron chi connectivity index (χ0n) is 9.92. The van der Waals surface area contributed by atoms with Crippen LogP contribution >= 0.6 is 0 Å². The maximum Gasteiger partial charge on any atom is 0.376 e. The van der Waals surface area contributed by atoms with Crippen molar-refractivity contribution in [2.45, 2.75) is 19.1 Å². The highest BCUT2D eigenvalue weighted by atomic mass is 16.7. The standard InChI is InChI=1S/C13H14O5/c1-9(8-10-6-4-3-5-7-10)11(14)18-13(2,17)12(15)16/h3-7,17H,1,8H2,2H3,(H,15,16). The number of hydrogen-bond acceptors (Lipinski definition) is 4. The van der Waals surface area contributed by atoms with E-state index < -0.39 is 17.7 Å². The van der Waals surface area contributed by atoms with Crippen molar-refractivity contribution < 1.29 is 24.5 Å². The number of ether oxygens (including phenoxy) is 1. The number of rotatable bonds is 5. The number of esters is 1. The highest BCUT2D eigenvalue weighted by Gasteiger charge is 2.35. The maximum atomic E-state index is 11.5. The van der Waals surface area contributed by atoms with E-state index in [1.807, 2.05) is 6.07 Å². The minimum atomic E-state index is -2.54. The van der Waals surface area contributed by atoms with E-state index in [0.29, 0.717) is 0 Å². The molecule has 0 saturated heterocycles. The van der Waals surface area contributed by atoms with Crippen molar-refractivity contribution in [2.24, 2.45) is 0 Å². The van der Waals surface area contributed by atoms with Crippen molar-refractivity contribution >= 4 is 11.9 Å². The quantitative estimate of drug-likeness (QED) is 0.465. The molecule has 0 heterocycles. The molecule has 0 spiro atoms. The molecule has 0 bridgehead atoms. The van der Waals surface area contributed by atoms with Gasteiger partial charge in [-0.25, -0.2) is 9.59 Å². The Balaban J connectivity index is 2.63. The van der Waals surface area contributed by atoms with Crippen LogP contribution in [0, 0.1) is 0 Å². The molecule has 96 valence electrons. The Morgan fingerprint density at radius 2 is 1.89 bits per heavy atom. The number of carboxylic acids is 1. The van der Waals surface area contributed by atoms with Crippen LogP contribution < -0.4 is 0 Å². The van der Waals surface area contributed by atoms with E-state index in [9.17, 15) is 14.7 Å². The Labute approximate surface area is 104 Å². The Bertz CT molecular complexity index is 462. The lowest BCUT2D eigenvalue weighted by molar-refractivity contribution is -0.214. The van der Waals surface area contributed by atoms with Gasteiger partial charge in [0.1, 0.15) is 0 Å². The van der Waals surface area contributed by atoms with Gasteiger partial charge in [-0.05, 0) is 5.56 Å². The monoisotopic (exact) mass is 250 g/mol. The van der Waals surface area contributed by atoms with E-state index in [0.717, 1.165) is 12.5 Å². The summed E-state index contributed by atoms with van der Waals surface area (Å²) in [4.78, 5) is 22.1. The Kier molecular flexibility index (Phi) is 4.23.